The molecule has 0 heterocycles. The minimum Gasteiger partial charge on any atom is -0.329 e. The van der Waals surface area contributed by atoms with E-state index in [1.165, 1.54) is 49.7 Å². The summed E-state index contributed by atoms with van der Waals surface area (Å²) in [5, 5.41) is 0. The molecule has 3 rings (SSSR count). The topological polar surface area (TPSA) is 29.3 Å². The van der Waals surface area contributed by atoms with Gasteiger partial charge in [-0.05, 0) is 55.7 Å². The van der Waals surface area contributed by atoms with Crippen molar-refractivity contribution < 1.29 is 0 Å². The van der Waals surface area contributed by atoms with Crippen molar-refractivity contribution >= 4 is 0 Å². The van der Waals surface area contributed by atoms with Crippen molar-refractivity contribution in [3.05, 3.63) is 35.4 Å². The molecule has 0 aromatic heterocycles. The maximum Gasteiger partial charge on any atom is 0.0470 e. The molecule has 2 aliphatic rings. The maximum absolute atomic E-state index is 6.12. The monoisotopic (exact) mass is 286 g/mol. The minimum atomic E-state index is 0.369. The SMILES string of the molecule is CC1CCCC(N(C)C(CN)c2ccc(C3CC3)cc2)C1. The lowest BCUT2D eigenvalue weighted by Gasteiger charge is -2.39. The molecule has 3 atom stereocenters. The summed E-state index contributed by atoms with van der Waals surface area (Å²) in [6.07, 6.45) is 8.17. The highest BCUT2D eigenvalue weighted by atomic mass is 15.2. The van der Waals surface area contributed by atoms with E-state index in [9.17, 15) is 0 Å². The highest BCUT2D eigenvalue weighted by molar-refractivity contribution is 5.30. The van der Waals surface area contributed by atoms with E-state index in [0.717, 1.165) is 11.8 Å². The predicted molar refractivity (Wildman–Crippen MR) is 89.4 cm³/mol. The fourth-order valence-electron chi connectivity index (χ4n) is 3.97. The molecule has 2 nitrogen and oxygen atoms in total. The van der Waals surface area contributed by atoms with Crippen molar-refractivity contribution in [1.82, 2.24) is 4.90 Å². The third-order valence-corrected chi connectivity index (χ3v) is 5.57. The Labute approximate surface area is 129 Å². The summed E-state index contributed by atoms with van der Waals surface area (Å²) < 4.78 is 0. The van der Waals surface area contributed by atoms with Crippen LogP contribution in [-0.4, -0.2) is 24.5 Å². The highest BCUT2D eigenvalue weighted by Crippen LogP contribution is 2.40. The second-order valence-corrected chi connectivity index (χ2v) is 7.28. The Morgan fingerprint density at radius 1 is 1.14 bits per heavy atom. The molecule has 21 heavy (non-hydrogen) atoms. The molecule has 0 bridgehead atoms. The fraction of sp³-hybridized carbons (Fsp3) is 0.684. The zero-order chi connectivity index (χ0) is 14.8. The zero-order valence-corrected chi connectivity index (χ0v) is 13.6. The number of benzene rings is 1. The summed E-state index contributed by atoms with van der Waals surface area (Å²) in [4.78, 5) is 2.54. The average molecular weight is 286 g/mol. The van der Waals surface area contributed by atoms with E-state index in [2.05, 4.69) is 43.1 Å². The Bertz CT molecular complexity index is 449. The van der Waals surface area contributed by atoms with E-state index in [0.29, 0.717) is 18.6 Å². The fourth-order valence-corrected chi connectivity index (χ4v) is 3.97. The van der Waals surface area contributed by atoms with Gasteiger partial charge in [-0.25, -0.2) is 0 Å². The molecule has 0 amide bonds. The highest BCUT2D eigenvalue weighted by Gasteiger charge is 2.28. The lowest BCUT2D eigenvalue weighted by molar-refractivity contribution is 0.121. The lowest BCUT2D eigenvalue weighted by atomic mass is 9.85. The number of hydrogen-bond donors (Lipinski definition) is 1. The number of rotatable bonds is 5. The molecule has 0 saturated heterocycles. The second kappa shape index (κ2) is 6.50. The standard InChI is InChI=1S/C19H30N2/c1-14-4-3-5-18(12-14)21(2)19(13-20)17-10-8-16(9-11-17)15-6-7-15/h8-11,14-15,18-19H,3-7,12-13,20H2,1-2H3. The van der Waals surface area contributed by atoms with Crippen LogP contribution in [-0.2, 0) is 0 Å². The van der Waals surface area contributed by atoms with Gasteiger partial charge >= 0.3 is 0 Å². The third-order valence-electron chi connectivity index (χ3n) is 5.57. The van der Waals surface area contributed by atoms with Crippen molar-refractivity contribution in [2.24, 2.45) is 11.7 Å². The molecule has 0 spiro atoms. The first-order chi connectivity index (χ1) is 10.2. The molecule has 2 aliphatic carbocycles. The number of nitrogens with two attached hydrogens (primary N) is 1. The minimum absolute atomic E-state index is 0.369. The Hall–Kier alpha value is -0.860. The molecule has 2 fully saturated rings. The van der Waals surface area contributed by atoms with E-state index in [4.69, 9.17) is 5.73 Å². The van der Waals surface area contributed by atoms with Crippen molar-refractivity contribution in [2.45, 2.75) is 63.5 Å². The van der Waals surface area contributed by atoms with Gasteiger partial charge in [0.15, 0.2) is 0 Å². The number of hydrogen-bond acceptors (Lipinski definition) is 2. The Morgan fingerprint density at radius 2 is 1.86 bits per heavy atom. The van der Waals surface area contributed by atoms with Crippen molar-refractivity contribution in [3.8, 4) is 0 Å². The predicted octanol–water partition coefficient (Wildman–Crippen LogP) is 4.07. The van der Waals surface area contributed by atoms with Gasteiger partial charge in [0.25, 0.3) is 0 Å². The normalized spacial score (nSPS) is 27.8. The van der Waals surface area contributed by atoms with Crippen LogP contribution >= 0.6 is 0 Å². The summed E-state index contributed by atoms with van der Waals surface area (Å²) in [7, 11) is 2.27. The molecule has 0 radical (unpaired) electrons. The van der Waals surface area contributed by atoms with Gasteiger partial charge in [-0.15, -0.1) is 0 Å². The Kier molecular flexibility index (Phi) is 4.66. The van der Waals surface area contributed by atoms with Gasteiger partial charge in [-0.2, -0.15) is 0 Å². The summed E-state index contributed by atoms with van der Waals surface area (Å²) in [5.41, 5.74) is 9.02. The van der Waals surface area contributed by atoms with Gasteiger partial charge < -0.3 is 5.73 Å². The molecule has 1 aromatic carbocycles. The van der Waals surface area contributed by atoms with E-state index < -0.39 is 0 Å². The molecule has 2 heteroatoms. The number of nitrogens with zero attached hydrogens (tertiary/aromatic N) is 1. The smallest absolute Gasteiger partial charge is 0.0470 e. The molecule has 3 unspecified atom stereocenters. The van der Waals surface area contributed by atoms with Gasteiger partial charge in [0.2, 0.25) is 0 Å². The van der Waals surface area contributed by atoms with E-state index >= 15 is 0 Å². The molecular formula is C19H30N2. The molecule has 1 aromatic rings. The summed E-state index contributed by atoms with van der Waals surface area (Å²) in [6.45, 7) is 3.10. The van der Waals surface area contributed by atoms with Crippen LogP contribution in [0.1, 0.15) is 68.5 Å². The van der Waals surface area contributed by atoms with Gasteiger partial charge in [-0.1, -0.05) is 44.0 Å². The first-order valence-corrected chi connectivity index (χ1v) is 8.71. The zero-order valence-electron chi connectivity index (χ0n) is 13.6. The lowest BCUT2D eigenvalue weighted by Crippen LogP contribution is -2.41. The van der Waals surface area contributed by atoms with E-state index in [-0.39, 0.29) is 0 Å². The molecule has 116 valence electrons. The third kappa shape index (κ3) is 3.49. The van der Waals surface area contributed by atoms with Crippen LogP contribution < -0.4 is 5.73 Å². The second-order valence-electron chi connectivity index (χ2n) is 7.28. The summed E-state index contributed by atoms with van der Waals surface area (Å²) in [6, 6.07) is 10.3. The maximum atomic E-state index is 6.12. The number of likely N-dealkylation sites (N-methyl/N-ethyl adjacent to an activating group) is 1. The first-order valence-electron chi connectivity index (χ1n) is 8.71. The first kappa shape index (κ1) is 15.1. The van der Waals surface area contributed by atoms with Crippen molar-refractivity contribution in [2.75, 3.05) is 13.6 Å². The van der Waals surface area contributed by atoms with Crippen LogP contribution in [0.4, 0.5) is 0 Å². The van der Waals surface area contributed by atoms with Crippen LogP contribution in [0.3, 0.4) is 0 Å². The molecule has 2 N–H and O–H groups in total. The van der Waals surface area contributed by atoms with E-state index in [1.807, 2.05) is 0 Å². The van der Waals surface area contributed by atoms with Crippen LogP contribution in [0.5, 0.6) is 0 Å². The van der Waals surface area contributed by atoms with Crippen LogP contribution in [0.2, 0.25) is 0 Å². The molecule has 0 aliphatic heterocycles. The Morgan fingerprint density at radius 3 is 2.43 bits per heavy atom. The summed E-state index contributed by atoms with van der Waals surface area (Å²) >= 11 is 0. The quantitative estimate of drug-likeness (QED) is 0.884. The van der Waals surface area contributed by atoms with Crippen molar-refractivity contribution in [1.29, 1.82) is 0 Å². The van der Waals surface area contributed by atoms with Crippen LogP contribution in [0.25, 0.3) is 0 Å². The van der Waals surface area contributed by atoms with Gasteiger partial charge in [0, 0.05) is 18.6 Å². The van der Waals surface area contributed by atoms with Gasteiger partial charge in [0.05, 0.1) is 0 Å². The largest absolute Gasteiger partial charge is 0.329 e. The summed E-state index contributed by atoms with van der Waals surface area (Å²) in [5.74, 6) is 1.70. The van der Waals surface area contributed by atoms with Gasteiger partial charge in [-0.3, -0.25) is 4.90 Å². The molecular weight excluding hydrogens is 256 g/mol. The molecule has 2 saturated carbocycles. The van der Waals surface area contributed by atoms with E-state index in [1.54, 1.807) is 0 Å². The van der Waals surface area contributed by atoms with Gasteiger partial charge in [0.1, 0.15) is 0 Å². The van der Waals surface area contributed by atoms with Crippen LogP contribution in [0.15, 0.2) is 24.3 Å². The Balaban J connectivity index is 1.70. The van der Waals surface area contributed by atoms with Crippen molar-refractivity contribution in [3.63, 3.8) is 0 Å². The average Bonchev–Trinajstić information content (AvgIpc) is 3.33. The van der Waals surface area contributed by atoms with Crippen LogP contribution in [0, 0.1) is 5.92 Å².